The Balaban J connectivity index is 0. The standard InChI is InChI=1S/C16H13NO2.C14H14N2.C8H9Cl.C8H11N.CH4.B.H2N2.2H2/c1-11-6-8-12(9-7-11)10-17-15(18)13-4-2-3-5-14(13)16(17)19;1-12-5-7-13(8-6-12)10-15-11-14-4-2-3-9-16-14;2*1-7-2-4-8(6-9)5-3-7;;;1-2;;/h2-9H,10H2,1H3;2-9,11H,10H2,1H3;2-5H,6H2,1H3;2-5H,6,9H2,1H3;1H4;;1-2H;2*1H/i;;;;;;;1+1;. The minimum atomic E-state index is -0.207. The molecule has 6 aromatic rings. The monoisotopic (exact) mass is 784 g/mol. The van der Waals surface area contributed by atoms with Gasteiger partial charge < -0.3 is 5.73 Å². The van der Waals surface area contributed by atoms with Gasteiger partial charge >= 0.3 is 0 Å². The number of benzene rings is 5. The lowest BCUT2D eigenvalue weighted by Crippen LogP contribution is -2.29. The van der Waals surface area contributed by atoms with Gasteiger partial charge in [-0.1, -0.05) is 145 Å². The molecule has 0 spiro atoms. The fourth-order valence-electron chi connectivity index (χ4n) is 5.05. The molecule has 10 heteroatoms. The highest BCUT2D eigenvalue weighted by Crippen LogP contribution is 2.24. The Morgan fingerprint density at radius 3 is 1.46 bits per heavy atom. The van der Waals surface area contributed by atoms with Gasteiger partial charge in [-0.25, -0.2) is 11.1 Å². The number of nitrogens with zero attached hydrogens (tertiary/aromatic N) is 3. The second kappa shape index (κ2) is 26.7. The maximum Gasteiger partial charge on any atom is 0.261 e. The highest BCUT2D eigenvalue weighted by molar-refractivity contribution is 6.21. The van der Waals surface area contributed by atoms with Gasteiger partial charge in [-0.15, -0.1) is 11.6 Å². The van der Waals surface area contributed by atoms with Crippen LogP contribution in [0.5, 0.6) is 0 Å². The van der Waals surface area contributed by atoms with E-state index in [4.69, 9.17) is 28.4 Å². The summed E-state index contributed by atoms with van der Waals surface area (Å²) in [6.07, 6.45) is 3.58. The summed E-state index contributed by atoms with van der Waals surface area (Å²) in [6.45, 7) is 9.90. The van der Waals surface area contributed by atoms with Crippen LogP contribution in [-0.2, 0) is 25.5 Å². The molecular weight excluding hydrogens is 727 g/mol. The van der Waals surface area contributed by atoms with Gasteiger partial charge in [0, 0.05) is 36.1 Å². The largest absolute Gasteiger partial charge is 0.326 e. The number of pyridine rings is 1. The van der Waals surface area contributed by atoms with Gasteiger partial charge in [-0.05, 0) is 74.2 Å². The number of carbonyl (C=O) groups excluding carboxylic acids is 2. The molecule has 1 aliphatic heterocycles. The molecule has 0 bridgehead atoms. The molecule has 57 heavy (non-hydrogen) atoms. The van der Waals surface area contributed by atoms with E-state index < -0.39 is 0 Å². The van der Waals surface area contributed by atoms with Crippen molar-refractivity contribution in [1.82, 2.24) is 9.88 Å². The zero-order valence-electron chi connectivity index (χ0n) is 32.5. The number of nitrogens with one attached hydrogen (secondary N) is 2. The first-order valence-corrected chi connectivity index (χ1v) is 18.3. The summed E-state index contributed by atoms with van der Waals surface area (Å²) in [7, 11) is 0. The predicted molar refractivity (Wildman–Crippen MR) is 240 cm³/mol. The zero-order valence-corrected chi connectivity index (χ0v) is 33.2. The van der Waals surface area contributed by atoms with E-state index in [2.05, 4.69) is 91.4 Å². The lowest BCUT2D eigenvalue weighted by molar-refractivity contribution is 0.0642. The van der Waals surface area contributed by atoms with Crippen LogP contribution in [0.15, 0.2) is 151 Å². The number of imide groups is 1. The summed E-state index contributed by atoms with van der Waals surface area (Å²) >= 11 is 5.58. The number of alkyl halides is 1. The Kier molecular flexibility index (Phi) is 23.0. The summed E-state index contributed by atoms with van der Waals surface area (Å²) in [5, 5.41) is 0. The maximum absolute atomic E-state index is 12.2. The van der Waals surface area contributed by atoms with Crippen LogP contribution in [0.3, 0.4) is 0 Å². The fourth-order valence-corrected chi connectivity index (χ4v) is 5.23. The number of aliphatic imine (C=N–C) groups is 1. The number of halogens is 1. The Morgan fingerprint density at radius 2 is 1.05 bits per heavy atom. The van der Waals surface area contributed by atoms with Crippen molar-refractivity contribution >= 4 is 38.0 Å². The van der Waals surface area contributed by atoms with E-state index in [0.29, 0.717) is 36.6 Å². The molecule has 0 unspecified atom stereocenters. The molecule has 2 heterocycles. The predicted octanol–water partition coefficient (Wildman–Crippen LogP) is 11.3. The van der Waals surface area contributed by atoms with Crippen molar-refractivity contribution in [3.8, 4) is 0 Å². The Hall–Kier alpha value is -6.03. The van der Waals surface area contributed by atoms with E-state index in [0.717, 1.165) is 16.8 Å². The second-order valence-corrected chi connectivity index (χ2v) is 13.0. The fraction of sp³-hybridized carbons (Fsp3) is 0.191. The number of fused-ring (bicyclic) bond motifs is 1. The molecule has 4 N–H and O–H groups in total. The maximum atomic E-state index is 12.2. The number of rotatable bonds is 7. The molecule has 3 radical (unpaired) electrons. The molecule has 8 nitrogen and oxygen atoms in total. The number of nitrogens with two attached hydrogens (primary N) is 1. The third-order valence-electron chi connectivity index (χ3n) is 8.28. The highest BCUT2D eigenvalue weighted by Gasteiger charge is 2.34. The average molecular weight is 785 g/mol. The average Bonchev–Trinajstić information content (AvgIpc) is 3.46. The van der Waals surface area contributed by atoms with Gasteiger partial charge in [0.2, 0.25) is 0 Å². The van der Waals surface area contributed by atoms with Crippen molar-refractivity contribution in [2.24, 2.45) is 10.7 Å². The van der Waals surface area contributed by atoms with Gasteiger partial charge in [0.1, 0.15) is 0 Å². The first kappa shape index (κ1) is 49.0. The summed E-state index contributed by atoms with van der Waals surface area (Å²) in [6, 6.07) is 45.5. The number of aryl methyl sites for hydroxylation is 4. The smallest absolute Gasteiger partial charge is 0.261 e. The topological polar surface area (TPSA) is 136 Å². The first-order chi connectivity index (χ1) is 26.7. The van der Waals surface area contributed by atoms with Gasteiger partial charge in [0.15, 0.2) is 0 Å². The number of carbonyl (C=O) groups is 2. The van der Waals surface area contributed by atoms with Crippen LogP contribution < -0.4 is 5.73 Å². The van der Waals surface area contributed by atoms with Crippen molar-refractivity contribution in [2.75, 3.05) is 0 Å². The molecule has 7 rings (SSSR count). The molecule has 0 saturated carbocycles. The lowest BCUT2D eigenvalue weighted by atomic mass is 10.1. The molecule has 2 amide bonds. The van der Waals surface area contributed by atoms with Crippen molar-refractivity contribution in [3.05, 3.63) is 207 Å². The first-order valence-electron chi connectivity index (χ1n) is 17.8. The van der Waals surface area contributed by atoms with Crippen LogP contribution in [0.25, 0.3) is 0 Å². The highest BCUT2D eigenvalue weighted by atomic mass is 35.5. The van der Waals surface area contributed by atoms with Crippen molar-refractivity contribution < 1.29 is 12.4 Å². The molecular formula is C47H57BClN6O2. The molecule has 0 atom stereocenters. The number of hydrogen-bond acceptors (Lipinski definition) is 7. The van der Waals surface area contributed by atoms with E-state index in [1.807, 2.05) is 61.5 Å². The molecule has 0 saturated heterocycles. The molecule has 0 aliphatic carbocycles. The Morgan fingerprint density at radius 1 is 0.649 bits per heavy atom. The Labute approximate surface area is 348 Å². The van der Waals surface area contributed by atoms with Crippen LogP contribution in [0.4, 0.5) is 0 Å². The van der Waals surface area contributed by atoms with Crippen LogP contribution in [0.1, 0.15) is 81.2 Å². The quantitative estimate of drug-likeness (QED) is 0.0488. The normalized spacial score (nSPS) is 10.7. The molecule has 5 aromatic carbocycles. The summed E-state index contributed by atoms with van der Waals surface area (Å²) < 4.78 is 0. The molecule has 297 valence electrons. The summed E-state index contributed by atoms with van der Waals surface area (Å²) in [5.74, 6) is 0.197. The van der Waals surface area contributed by atoms with Crippen LogP contribution >= 0.6 is 11.6 Å². The number of amides is 2. The molecule has 1 aliphatic rings. The second-order valence-electron chi connectivity index (χ2n) is 12.7. The lowest BCUT2D eigenvalue weighted by Gasteiger charge is -2.13. The number of aromatic nitrogens is 1. The van der Waals surface area contributed by atoms with E-state index in [9.17, 15) is 9.59 Å². The van der Waals surface area contributed by atoms with Crippen LogP contribution in [0.2, 0.25) is 0 Å². The van der Waals surface area contributed by atoms with Gasteiger partial charge in [0.25, 0.3) is 11.8 Å². The third-order valence-corrected chi connectivity index (χ3v) is 8.59. The third kappa shape index (κ3) is 16.7. The van der Waals surface area contributed by atoms with Crippen molar-refractivity contribution in [3.63, 3.8) is 0 Å². The van der Waals surface area contributed by atoms with Crippen molar-refractivity contribution in [1.29, 1.82) is 11.1 Å². The minimum absolute atomic E-state index is 0. The van der Waals surface area contributed by atoms with Crippen LogP contribution in [0, 0.1) is 38.8 Å². The summed E-state index contributed by atoms with van der Waals surface area (Å²) in [5.41, 5.74) is 26.9. The van der Waals surface area contributed by atoms with E-state index >= 15 is 0 Å². The minimum Gasteiger partial charge on any atom is -0.326 e. The molecule has 1 aromatic heterocycles. The van der Waals surface area contributed by atoms with E-state index in [-0.39, 0.29) is 30.5 Å². The van der Waals surface area contributed by atoms with E-state index in [1.54, 1.807) is 36.7 Å². The summed E-state index contributed by atoms with van der Waals surface area (Å²) in [4.78, 5) is 34.2. The zero-order chi connectivity index (χ0) is 40.0. The van der Waals surface area contributed by atoms with Gasteiger partial charge in [0.05, 0.1) is 29.9 Å². The molecule has 0 fully saturated rings. The Bertz CT molecular complexity index is 2010. The SMILES string of the molecule is C.Cc1ccc(CCl)cc1.Cc1ccc(CN)cc1.Cc1ccc(CN2C(=O)c3ccccc3C2=O)cc1.Cc1ccc(CN=Cc2ccccn2)cc1.N=N.[2HH].[B].[HH]. The van der Waals surface area contributed by atoms with Crippen LogP contribution in [-0.4, -0.2) is 36.3 Å². The van der Waals surface area contributed by atoms with Gasteiger partial charge in [-0.3, -0.25) is 24.5 Å². The van der Waals surface area contributed by atoms with Gasteiger partial charge in [-0.2, -0.15) is 0 Å². The number of hydrogen-bond donors (Lipinski definition) is 3. The van der Waals surface area contributed by atoms with Crippen molar-refractivity contribution in [2.45, 2.75) is 60.6 Å². The van der Waals surface area contributed by atoms with E-state index in [1.165, 1.54) is 38.3 Å².